The number of aromatic amines is 1. The van der Waals surface area contributed by atoms with Crippen LogP contribution >= 0.6 is 0 Å². The van der Waals surface area contributed by atoms with E-state index in [1.807, 2.05) is 18.2 Å². The van der Waals surface area contributed by atoms with Crippen molar-refractivity contribution in [3.05, 3.63) is 76.4 Å². The van der Waals surface area contributed by atoms with Crippen molar-refractivity contribution in [3.63, 3.8) is 0 Å². The Morgan fingerprint density at radius 2 is 1.92 bits per heavy atom. The summed E-state index contributed by atoms with van der Waals surface area (Å²) in [7, 11) is 4.65. The van der Waals surface area contributed by atoms with Crippen LogP contribution in [0.1, 0.15) is 37.9 Å². The fourth-order valence-corrected chi connectivity index (χ4v) is 4.14. The number of hydrogen-bond donors (Lipinski definition) is 3. The molecule has 0 aliphatic heterocycles. The number of rotatable bonds is 11. The molecule has 0 saturated heterocycles. The molecule has 39 heavy (non-hydrogen) atoms. The molecule has 3 amide bonds. The Balaban J connectivity index is 1.75. The minimum absolute atomic E-state index is 0.0722. The fraction of sp³-hybridized carbons (Fsp3) is 0.379. The first-order chi connectivity index (χ1) is 18.6. The lowest BCUT2D eigenvalue weighted by Gasteiger charge is -2.17. The SMILES string of the molecule is CNC(=O)OC(CCC=CC(=O)N(C)C)C(=O)Nc1cccn(Cc2cc3cccc(CC(C)C)c3[nH]2)c1=O. The molecule has 0 spiro atoms. The maximum absolute atomic E-state index is 13.2. The van der Waals surface area contributed by atoms with E-state index in [-0.39, 0.29) is 23.6 Å². The molecule has 10 nitrogen and oxygen atoms in total. The summed E-state index contributed by atoms with van der Waals surface area (Å²) in [6.07, 6.45) is 4.11. The zero-order valence-electron chi connectivity index (χ0n) is 23.1. The molecule has 0 fully saturated rings. The number of H-pyrrole nitrogens is 1. The second kappa shape index (κ2) is 13.5. The molecule has 0 bridgehead atoms. The number of hydrogen-bond acceptors (Lipinski definition) is 5. The maximum Gasteiger partial charge on any atom is 0.407 e. The normalized spacial score (nSPS) is 12.1. The van der Waals surface area contributed by atoms with Crippen LogP contribution in [0.2, 0.25) is 0 Å². The van der Waals surface area contributed by atoms with E-state index in [2.05, 4.69) is 35.5 Å². The number of para-hydroxylation sites is 1. The average Bonchev–Trinajstić information content (AvgIpc) is 3.31. The summed E-state index contributed by atoms with van der Waals surface area (Å²) < 4.78 is 6.73. The van der Waals surface area contributed by atoms with Crippen LogP contribution in [0.5, 0.6) is 0 Å². The number of amides is 3. The lowest BCUT2D eigenvalue weighted by molar-refractivity contribution is -0.124. The Morgan fingerprint density at radius 1 is 1.15 bits per heavy atom. The van der Waals surface area contributed by atoms with E-state index in [0.29, 0.717) is 18.9 Å². The van der Waals surface area contributed by atoms with Crippen LogP contribution in [0.4, 0.5) is 10.5 Å². The van der Waals surface area contributed by atoms with E-state index in [1.165, 1.54) is 34.2 Å². The number of pyridine rings is 1. The third-order valence-electron chi connectivity index (χ3n) is 6.09. The van der Waals surface area contributed by atoms with Crippen LogP contribution in [0.3, 0.4) is 0 Å². The first-order valence-corrected chi connectivity index (χ1v) is 12.9. The van der Waals surface area contributed by atoms with Crippen LogP contribution < -0.4 is 16.2 Å². The molecule has 208 valence electrons. The van der Waals surface area contributed by atoms with E-state index in [1.54, 1.807) is 32.4 Å². The Bertz CT molecular complexity index is 1400. The highest BCUT2D eigenvalue weighted by molar-refractivity contribution is 5.95. The van der Waals surface area contributed by atoms with Crippen molar-refractivity contribution in [2.45, 2.75) is 45.8 Å². The van der Waals surface area contributed by atoms with Gasteiger partial charge >= 0.3 is 6.09 Å². The Morgan fingerprint density at radius 3 is 2.62 bits per heavy atom. The van der Waals surface area contributed by atoms with E-state index < -0.39 is 18.1 Å². The average molecular weight is 536 g/mol. The zero-order chi connectivity index (χ0) is 28.5. The molecule has 0 saturated carbocycles. The number of anilines is 1. The summed E-state index contributed by atoms with van der Waals surface area (Å²) in [6.45, 7) is 4.64. The second-order valence-electron chi connectivity index (χ2n) is 9.97. The first-order valence-electron chi connectivity index (χ1n) is 12.9. The van der Waals surface area contributed by atoms with Crippen LogP contribution in [-0.2, 0) is 27.3 Å². The highest BCUT2D eigenvalue weighted by Gasteiger charge is 2.23. The molecule has 0 aliphatic rings. The van der Waals surface area contributed by atoms with Gasteiger partial charge in [0.15, 0.2) is 6.10 Å². The van der Waals surface area contributed by atoms with E-state index in [0.717, 1.165) is 23.0 Å². The molecule has 1 unspecified atom stereocenters. The molecular formula is C29H37N5O5. The van der Waals surface area contributed by atoms with Crippen molar-refractivity contribution < 1.29 is 19.1 Å². The molecule has 3 rings (SSSR count). The number of alkyl carbamates (subject to hydrolysis) is 1. The van der Waals surface area contributed by atoms with Gasteiger partial charge in [-0.1, -0.05) is 38.1 Å². The number of carbonyl (C=O) groups excluding carboxylic acids is 3. The summed E-state index contributed by atoms with van der Waals surface area (Å²) in [5.74, 6) is -0.318. The molecule has 3 N–H and O–H groups in total. The molecule has 10 heteroatoms. The van der Waals surface area contributed by atoms with Gasteiger partial charge in [0.25, 0.3) is 11.5 Å². The van der Waals surface area contributed by atoms with Gasteiger partial charge in [-0.15, -0.1) is 0 Å². The summed E-state index contributed by atoms with van der Waals surface area (Å²) in [4.78, 5) is 54.6. The monoisotopic (exact) mass is 535 g/mol. The van der Waals surface area contributed by atoms with Crippen molar-refractivity contribution in [2.75, 3.05) is 26.5 Å². The highest BCUT2D eigenvalue weighted by atomic mass is 16.6. The van der Waals surface area contributed by atoms with Crippen molar-refractivity contribution in [1.29, 1.82) is 0 Å². The fourth-order valence-electron chi connectivity index (χ4n) is 4.14. The van der Waals surface area contributed by atoms with E-state index in [9.17, 15) is 19.2 Å². The third kappa shape index (κ3) is 8.07. The quantitative estimate of drug-likeness (QED) is 0.323. The van der Waals surface area contributed by atoms with Gasteiger partial charge in [-0.2, -0.15) is 0 Å². The predicted molar refractivity (Wildman–Crippen MR) is 152 cm³/mol. The van der Waals surface area contributed by atoms with Gasteiger partial charge in [-0.05, 0) is 60.4 Å². The van der Waals surface area contributed by atoms with Gasteiger partial charge in [-0.3, -0.25) is 14.4 Å². The van der Waals surface area contributed by atoms with Gasteiger partial charge < -0.3 is 29.8 Å². The van der Waals surface area contributed by atoms with Crippen LogP contribution in [0, 0.1) is 5.92 Å². The number of carbonyl (C=O) groups is 3. The second-order valence-corrected chi connectivity index (χ2v) is 9.97. The minimum atomic E-state index is -1.16. The maximum atomic E-state index is 13.2. The van der Waals surface area contributed by atoms with Gasteiger partial charge in [0.1, 0.15) is 5.69 Å². The van der Waals surface area contributed by atoms with Gasteiger partial charge in [0.2, 0.25) is 5.91 Å². The molecule has 2 aromatic heterocycles. The number of fused-ring (bicyclic) bond motifs is 1. The van der Waals surface area contributed by atoms with Crippen LogP contribution in [0.25, 0.3) is 10.9 Å². The predicted octanol–water partition coefficient (Wildman–Crippen LogP) is 3.66. The molecular weight excluding hydrogens is 498 g/mol. The lowest BCUT2D eigenvalue weighted by Crippen LogP contribution is -2.37. The Kier molecular flexibility index (Phi) is 10.1. The summed E-state index contributed by atoms with van der Waals surface area (Å²) in [5, 5.41) is 6.01. The standard InChI is InChI=1S/C29H37N5O5/c1-19(2)16-20-10-8-11-21-17-22(31-26(20)21)18-34-15-9-12-23(28(34)37)32-27(36)24(39-29(38)30-3)13-6-7-14-25(35)33(4)5/h7-12,14-15,17,19,24,31H,6,13,16,18H2,1-5H3,(H,30,38)(H,32,36). The van der Waals surface area contributed by atoms with Gasteiger partial charge in [0.05, 0.1) is 6.54 Å². The number of benzene rings is 1. The Hall–Kier alpha value is -4.34. The van der Waals surface area contributed by atoms with Crippen molar-refractivity contribution >= 4 is 34.5 Å². The summed E-state index contributed by atoms with van der Waals surface area (Å²) in [6, 6.07) is 11.4. The lowest BCUT2D eigenvalue weighted by atomic mass is 10.0. The largest absolute Gasteiger partial charge is 0.436 e. The van der Waals surface area contributed by atoms with Crippen LogP contribution in [0.15, 0.2) is 59.5 Å². The zero-order valence-corrected chi connectivity index (χ0v) is 23.1. The van der Waals surface area contributed by atoms with Crippen molar-refractivity contribution in [2.24, 2.45) is 5.92 Å². The van der Waals surface area contributed by atoms with Crippen molar-refractivity contribution in [1.82, 2.24) is 19.8 Å². The number of likely N-dealkylation sites (N-methyl/N-ethyl adjacent to an activating group) is 1. The smallest absolute Gasteiger partial charge is 0.407 e. The molecule has 1 atom stereocenters. The Labute approximate surface area is 228 Å². The van der Waals surface area contributed by atoms with Crippen molar-refractivity contribution in [3.8, 4) is 0 Å². The van der Waals surface area contributed by atoms with Gasteiger partial charge in [0, 0.05) is 38.6 Å². The van der Waals surface area contributed by atoms with E-state index in [4.69, 9.17) is 4.74 Å². The molecule has 2 heterocycles. The third-order valence-corrected chi connectivity index (χ3v) is 6.09. The summed E-state index contributed by atoms with van der Waals surface area (Å²) in [5.41, 5.74) is 2.84. The topological polar surface area (TPSA) is 126 Å². The number of nitrogens with zero attached hydrogens (tertiary/aromatic N) is 2. The molecule has 3 aromatic rings. The first kappa shape index (κ1) is 29.2. The highest BCUT2D eigenvalue weighted by Crippen LogP contribution is 2.22. The molecule has 1 aromatic carbocycles. The molecule has 0 radical (unpaired) electrons. The van der Waals surface area contributed by atoms with Crippen LogP contribution in [-0.4, -0.2) is 59.6 Å². The number of aromatic nitrogens is 2. The number of allylic oxidation sites excluding steroid dienone is 1. The number of nitrogens with one attached hydrogen (secondary N) is 3. The number of ether oxygens (including phenoxy) is 1. The van der Waals surface area contributed by atoms with E-state index >= 15 is 0 Å². The molecule has 0 aliphatic carbocycles. The van der Waals surface area contributed by atoms with Gasteiger partial charge in [-0.25, -0.2) is 4.79 Å². The summed E-state index contributed by atoms with van der Waals surface area (Å²) >= 11 is 0. The minimum Gasteiger partial charge on any atom is -0.436 e.